The molecule has 7 heteroatoms. The Labute approximate surface area is 83.7 Å². The number of piperazine rings is 1. The summed E-state index contributed by atoms with van der Waals surface area (Å²) in [6.07, 6.45) is 1.10. The Morgan fingerprint density at radius 1 is 1.64 bits per heavy atom. The minimum Gasteiger partial charge on any atom is -0.339 e. The third kappa shape index (κ3) is 3.24. The van der Waals surface area contributed by atoms with Crippen LogP contribution in [0.4, 0.5) is 0 Å². The van der Waals surface area contributed by atoms with Crippen molar-refractivity contribution in [2.45, 2.75) is 6.04 Å². The molecule has 0 saturated carbocycles. The van der Waals surface area contributed by atoms with Gasteiger partial charge in [0.25, 0.3) is 0 Å². The second-order valence-electron chi connectivity index (χ2n) is 3.41. The summed E-state index contributed by atoms with van der Waals surface area (Å²) in [5.74, 6) is -0.0171. The summed E-state index contributed by atoms with van der Waals surface area (Å²) in [6.45, 7) is 1.20. The molecule has 1 fully saturated rings. The lowest BCUT2D eigenvalue weighted by atomic mass is 10.2. The highest BCUT2D eigenvalue weighted by molar-refractivity contribution is 7.88. The maximum Gasteiger partial charge on any atom is 0.236 e. The first-order valence-electron chi connectivity index (χ1n) is 4.31. The van der Waals surface area contributed by atoms with Crippen molar-refractivity contribution in [1.29, 1.82) is 0 Å². The minimum absolute atomic E-state index is 0.0171. The third-order valence-corrected chi connectivity index (χ3v) is 2.87. The fourth-order valence-electron chi connectivity index (χ4n) is 1.27. The largest absolute Gasteiger partial charge is 0.339 e. The van der Waals surface area contributed by atoms with Gasteiger partial charge in [-0.15, -0.1) is 0 Å². The molecule has 1 amide bonds. The molecule has 0 aromatic carbocycles. The highest BCUT2D eigenvalue weighted by Crippen LogP contribution is 2.00. The normalized spacial score (nSPS) is 24.0. The van der Waals surface area contributed by atoms with E-state index in [2.05, 4.69) is 10.0 Å². The third-order valence-electron chi connectivity index (χ3n) is 2.18. The summed E-state index contributed by atoms with van der Waals surface area (Å²) >= 11 is 0. The zero-order valence-corrected chi connectivity index (χ0v) is 9.10. The van der Waals surface area contributed by atoms with E-state index < -0.39 is 10.0 Å². The Bertz CT molecular complexity index is 314. The number of rotatable bonds is 3. The quantitative estimate of drug-likeness (QED) is 0.576. The summed E-state index contributed by atoms with van der Waals surface area (Å²) in [5.41, 5.74) is 0. The van der Waals surface area contributed by atoms with Crippen molar-refractivity contribution < 1.29 is 13.2 Å². The number of hydrogen-bond acceptors (Lipinski definition) is 4. The highest BCUT2D eigenvalue weighted by Gasteiger charge is 2.24. The van der Waals surface area contributed by atoms with E-state index in [1.54, 1.807) is 11.9 Å². The molecular weight excluding hydrogens is 206 g/mol. The molecule has 0 bridgehead atoms. The fourth-order valence-corrected chi connectivity index (χ4v) is 1.76. The molecule has 1 aliphatic heterocycles. The van der Waals surface area contributed by atoms with Gasteiger partial charge in [0.2, 0.25) is 15.9 Å². The van der Waals surface area contributed by atoms with Crippen LogP contribution in [0.2, 0.25) is 0 Å². The highest BCUT2D eigenvalue weighted by atomic mass is 32.2. The molecule has 0 aromatic rings. The van der Waals surface area contributed by atoms with E-state index in [0.29, 0.717) is 13.1 Å². The van der Waals surface area contributed by atoms with Crippen molar-refractivity contribution in [2.75, 3.05) is 32.9 Å². The van der Waals surface area contributed by atoms with Gasteiger partial charge >= 0.3 is 0 Å². The van der Waals surface area contributed by atoms with E-state index in [-0.39, 0.29) is 18.5 Å². The Morgan fingerprint density at radius 3 is 2.86 bits per heavy atom. The Hall–Kier alpha value is -0.660. The van der Waals surface area contributed by atoms with E-state index in [4.69, 9.17) is 0 Å². The second kappa shape index (κ2) is 4.24. The number of nitrogens with one attached hydrogen (secondary N) is 2. The van der Waals surface area contributed by atoms with Crippen molar-refractivity contribution in [3.63, 3.8) is 0 Å². The van der Waals surface area contributed by atoms with Crippen LogP contribution < -0.4 is 10.0 Å². The van der Waals surface area contributed by atoms with E-state index >= 15 is 0 Å². The standard InChI is InChI=1S/C7H15N3O3S/c1-10-6(3-8-5-7(10)11)4-9-14(2,12)13/h6,8-9H,3-5H2,1-2H3. The van der Waals surface area contributed by atoms with E-state index in [0.717, 1.165) is 6.26 Å². The van der Waals surface area contributed by atoms with Gasteiger partial charge in [-0.05, 0) is 0 Å². The number of amides is 1. The van der Waals surface area contributed by atoms with Crippen LogP contribution in [0.3, 0.4) is 0 Å². The van der Waals surface area contributed by atoms with Crippen molar-refractivity contribution in [3.05, 3.63) is 0 Å². The zero-order chi connectivity index (χ0) is 10.8. The van der Waals surface area contributed by atoms with Crippen molar-refractivity contribution in [1.82, 2.24) is 14.9 Å². The molecule has 1 saturated heterocycles. The summed E-state index contributed by atoms with van der Waals surface area (Å²) in [7, 11) is -1.50. The van der Waals surface area contributed by atoms with Crippen molar-refractivity contribution >= 4 is 15.9 Å². The molecule has 0 spiro atoms. The van der Waals surface area contributed by atoms with Gasteiger partial charge in [-0.3, -0.25) is 4.79 Å². The molecule has 0 aromatic heterocycles. The monoisotopic (exact) mass is 221 g/mol. The molecule has 0 aliphatic carbocycles. The van der Waals surface area contributed by atoms with Crippen LogP contribution in [-0.4, -0.2) is 58.2 Å². The first-order valence-corrected chi connectivity index (χ1v) is 6.20. The zero-order valence-electron chi connectivity index (χ0n) is 8.28. The van der Waals surface area contributed by atoms with E-state index in [9.17, 15) is 13.2 Å². The second-order valence-corrected chi connectivity index (χ2v) is 5.24. The molecule has 1 heterocycles. The summed E-state index contributed by atoms with van der Waals surface area (Å²) in [4.78, 5) is 12.8. The van der Waals surface area contributed by atoms with Gasteiger partial charge in [-0.2, -0.15) is 0 Å². The average Bonchev–Trinajstić information content (AvgIpc) is 2.06. The number of sulfonamides is 1. The van der Waals surface area contributed by atoms with Crippen LogP contribution in [-0.2, 0) is 14.8 Å². The smallest absolute Gasteiger partial charge is 0.236 e. The van der Waals surface area contributed by atoms with E-state index in [1.165, 1.54) is 0 Å². The van der Waals surface area contributed by atoms with Gasteiger partial charge in [-0.25, -0.2) is 13.1 Å². The fraction of sp³-hybridized carbons (Fsp3) is 0.857. The number of nitrogens with zero attached hydrogens (tertiary/aromatic N) is 1. The van der Waals surface area contributed by atoms with Crippen LogP contribution in [0.1, 0.15) is 0 Å². The molecule has 82 valence electrons. The van der Waals surface area contributed by atoms with Crippen LogP contribution in [0.5, 0.6) is 0 Å². The van der Waals surface area contributed by atoms with Crippen LogP contribution >= 0.6 is 0 Å². The average molecular weight is 221 g/mol. The molecule has 14 heavy (non-hydrogen) atoms. The van der Waals surface area contributed by atoms with Gasteiger partial charge in [0.15, 0.2) is 0 Å². The lowest BCUT2D eigenvalue weighted by Gasteiger charge is -2.32. The predicted molar refractivity (Wildman–Crippen MR) is 52.3 cm³/mol. The molecule has 2 N–H and O–H groups in total. The molecule has 1 atom stereocenters. The molecule has 1 rings (SSSR count). The lowest BCUT2D eigenvalue weighted by Crippen LogP contribution is -2.56. The Morgan fingerprint density at radius 2 is 2.29 bits per heavy atom. The van der Waals surface area contributed by atoms with Crippen LogP contribution in [0.25, 0.3) is 0 Å². The Kier molecular flexibility index (Phi) is 3.46. The van der Waals surface area contributed by atoms with Gasteiger partial charge in [0.05, 0.1) is 18.8 Å². The predicted octanol–water partition coefficient (Wildman–Crippen LogP) is -2.03. The molecular formula is C7H15N3O3S. The molecule has 1 aliphatic rings. The summed E-state index contributed by atoms with van der Waals surface area (Å²) in [5, 5.41) is 2.93. The van der Waals surface area contributed by atoms with Gasteiger partial charge in [0.1, 0.15) is 0 Å². The topological polar surface area (TPSA) is 78.5 Å². The summed E-state index contributed by atoms with van der Waals surface area (Å²) < 4.78 is 24.0. The summed E-state index contributed by atoms with van der Waals surface area (Å²) in [6, 6.07) is -0.106. The number of hydrogen-bond donors (Lipinski definition) is 2. The van der Waals surface area contributed by atoms with Crippen molar-refractivity contribution in [3.8, 4) is 0 Å². The molecule has 1 unspecified atom stereocenters. The number of carbonyl (C=O) groups is 1. The first kappa shape index (κ1) is 11.4. The van der Waals surface area contributed by atoms with Crippen LogP contribution in [0, 0.1) is 0 Å². The minimum atomic E-state index is -3.18. The van der Waals surface area contributed by atoms with Gasteiger partial charge in [0, 0.05) is 20.1 Å². The van der Waals surface area contributed by atoms with Gasteiger partial charge < -0.3 is 10.2 Å². The lowest BCUT2D eigenvalue weighted by molar-refractivity contribution is -0.132. The Balaban J connectivity index is 2.48. The molecule has 0 radical (unpaired) electrons. The van der Waals surface area contributed by atoms with Crippen molar-refractivity contribution in [2.24, 2.45) is 0 Å². The SMILES string of the molecule is CN1C(=O)CNCC1CNS(C)(=O)=O. The maximum absolute atomic E-state index is 11.2. The number of likely N-dealkylation sites (N-methyl/N-ethyl adjacent to an activating group) is 1. The maximum atomic E-state index is 11.2. The first-order chi connectivity index (χ1) is 6.40. The number of carbonyl (C=O) groups excluding carboxylic acids is 1. The molecule has 6 nitrogen and oxygen atoms in total. The van der Waals surface area contributed by atoms with Crippen LogP contribution in [0.15, 0.2) is 0 Å². The van der Waals surface area contributed by atoms with E-state index in [1.807, 2.05) is 0 Å². The van der Waals surface area contributed by atoms with Gasteiger partial charge in [-0.1, -0.05) is 0 Å².